The Kier molecular flexibility index (Phi) is 1.98. The number of hydrogen-bond acceptors (Lipinski definition) is 1. The molecular formula is C5H9FS. The molecule has 0 aromatic carbocycles. The highest BCUT2D eigenvalue weighted by atomic mass is 32.2. The van der Waals surface area contributed by atoms with Crippen molar-refractivity contribution in [3.05, 3.63) is 0 Å². The molecule has 0 amide bonds. The van der Waals surface area contributed by atoms with E-state index in [1.54, 1.807) is 0 Å². The third kappa shape index (κ3) is 1.34. The predicted octanol–water partition coefficient (Wildman–Crippen LogP) is 1.71. The summed E-state index contributed by atoms with van der Waals surface area (Å²) in [6, 6.07) is 0. The fourth-order valence-corrected chi connectivity index (χ4v) is 1.96. The molecule has 0 aliphatic carbocycles. The van der Waals surface area contributed by atoms with Gasteiger partial charge < -0.3 is 0 Å². The minimum absolute atomic E-state index is 0.104. The van der Waals surface area contributed by atoms with E-state index in [2.05, 4.69) is 0 Å². The summed E-state index contributed by atoms with van der Waals surface area (Å²) in [7, 11) is 0. The van der Waals surface area contributed by atoms with E-state index in [9.17, 15) is 4.39 Å². The van der Waals surface area contributed by atoms with E-state index in [1.807, 2.05) is 11.8 Å². The normalized spacial score (nSPS) is 31.3. The second-order valence-electron chi connectivity index (χ2n) is 1.88. The fourth-order valence-electron chi connectivity index (χ4n) is 0.705. The van der Waals surface area contributed by atoms with E-state index in [0.29, 0.717) is 5.92 Å². The lowest BCUT2D eigenvalue weighted by molar-refractivity contribution is 0.389. The molecule has 2 heteroatoms. The Balaban J connectivity index is 2.14. The lowest BCUT2D eigenvalue weighted by Crippen LogP contribution is -1.98. The zero-order valence-corrected chi connectivity index (χ0v) is 5.01. The molecule has 1 aliphatic heterocycles. The number of alkyl halides is 1. The van der Waals surface area contributed by atoms with Crippen molar-refractivity contribution in [2.45, 2.75) is 6.42 Å². The largest absolute Gasteiger partial charge is 0.251 e. The van der Waals surface area contributed by atoms with Crippen LogP contribution >= 0.6 is 11.8 Å². The van der Waals surface area contributed by atoms with Gasteiger partial charge in [-0.05, 0) is 23.8 Å². The van der Waals surface area contributed by atoms with E-state index in [-0.39, 0.29) is 6.67 Å². The first-order chi connectivity index (χ1) is 3.43. The van der Waals surface area contributed by atoms with Crippen LogP contribution in [-0.4, -0.2) is 18.2 Å². The van der Waals surface area contributed by atoms with Crippen LogP contribution in [0.2, 0.25) is 0 Å². The summed E-state index contributed by atoms with van der Waals surface area (Å²) in [5.74, 6) is 2.62. The van der Waals surface area contributed by atoms with Gasteiger partial charge >= 0.3 is 0 Å². The van der Waals surface area contributed by atoms with E-state index < -0.39 is 0 Å². The maximum absolute atomic E-state index is 11.7. The summed E-state index contributed by atoms with van der Waals surface area (Å²) < 4.78 is 11.7. The molecule has 1 atom stereocenters. The Morgan fingerprint density at radius 2 is 2.57 bits per heavy atom. The van der Waals surface area contributed by atoms with Crippen molar-refractivity contribution in [2.24, 2.45) is 5.92 Å². The van der Waals surface area contributed by atoms with E-state index >= 15 is 0 Å². The first kappa shape index (κ1) is 5.42. The minimum Gasteiger partial charge on any atom is -0.251 e. The van der Waals surface area contributed by atoms with Gasteiger partial charge in [-0.1, -0.05) is 0 Å². The molecule has 1 unspecified atom stereocenters. The fraction of sp³-hybridized carbons (Fsp3) is 1.00. The third-order valence-corrected chi connectivity index (χ3v) is 2.47. The van der Waals surface area contributed by atoms with Gasteiger partial charge in [0, 0.05) is 0 Å². The lowest BCUT2D eigenvalue weighted by atomic mass is 10.1. The molecule has 1 aliphatic rings. The van der Waals surface area contributed by atoms with Crippen LogP contribution in [0.5, 0.6) is 0 Å². The second-order valence-corrected chi connectivity index (χ2v) is 3.03. The molecule has 1 rings (SSSR count). The molecule has 0 aromatic rings. The number of hydrogen-bond donors (Lipinski definition) is 0. The van der Waals surface area contributed by atoms with E-state index in [0.717, 1.165) is 12.2 Å². The van der Waals surface area contributed by atoms with Crippen molar-refractivity contribution in [3.63, 3.8) is 0 Å². The highest BCUT2D eigenvalue weighted by molar-refractivity contribution is 7.99. The molecule has 1 fully saturated rings. The van der Waals surface area contributed by atoms with Crippen molar-refractivity contribution in [2.75, 3.05) is 18.2 Å². The predicted molar refractivity (Wildman–Crippen MR) is 31.4 cm³/mol. The number of thioether (sulfide) groups is 1. The highest BCUT2D eigenvalue weighted by Crippen LogP contribution is 2.22. The molecule has 1 heterocycles. The van der Waals surface area contributed by atoms with Crippen LogP contribution in [-0.2, 0) is 0 Å². The Bertz CT molecular complexity index is 50.0. The van der Waals surface area contributed by atoms with Crippen molar-refractivity contribution in [1.82, 2.24) is 0 Å². The van der Waals surface area contributed by atoms with Gasteiger partial charge in [-0.3, -0.25) is 4.39 Å². The molecule has 7 heavy (non-hydrogen) atoms. The maximum atomic E-state index is 11.7. The zero-order valence-electron chi connectivity index (χ0n) is 4.19. The van der Waals surface area contributed by atoms with Crippen LogP contribution in [0.25, 0.3) is 0 Å². The van der Waals surface area contributed by atoms with E-state index in [4.69, 9.17) is 0 Å². The van der Waals surface area contributed by atoms with Gasteiger partial charge in [-0.2, -0.15) is 11.8 Å². The first-order valence-corrected chi connectivity index (χ1v) is 3.72. The van der Waals surface area contributed by atoms with Gasteiger partial charge in [0.05, 0.1) is 6.67 Å². The van der Waals surface area contributed by atoms with Crippen LogP contribution in [0.1, 0.15) is 6.42 Å². The molecule has 0 saturated carbocycles. The smallest absolute Gasteiger partial charge is 0.0930 e. The summed E-state index contributed by atoms with van der Waals surface area (Å²) in [4.78, 5) is 0. The van der Waals surface area contributed by atoms with Crippen molar-refractivity contribution in [1.29, 1.82) is 0 Å². The molecule has 0 N–H and O–H groups in total. The summed E-state index contributed by atoms with van der Waals surface area (Å²) >= 11 is 1.87. The summed E-state index contributed by atoms with van der Waals surface area (Å²) in [5, 5.41) is 0. The van der Waals surface area contributed by atoms with Crippen LogP contribution < -0.4 is 0 Å². The van der Waals surface area contributed by atoms with Gasteiger partial charge in [0.1, 0.15) is 0 Å². The lowest BCUT2D eigenvalue weighted by Gasteiger charge is -1.95. The number of rotatable bonds is 1. The van der Waals surface area contributed by atoms with Gasteiger partial charge in [0.15, 0.2) is 0 Å². The SMILES string of the molecule is FCC1CCSC1. The van der Waals surface area contributed by atoms with Gasteiger partial charge in [0.25, 0.3) is 0 Å². The highest BCUT2D eigenvalue weighted by Gasteiger charge is 2.13. The molecule has 0 radical (unpaired) electrons. The van der Waals surface area contributed by atoms with Gasteiger partial charge in [0.2, 0.25) is 0 Å². The molecule has 0 spiro atoms. The Labute approximate surface area is 47.5 Å². The van der Waals surface area contributed by atoms with Crippen molar-refractivity contribution >= 4 is 11.8 Å². The van der Waals surface area contributed by atoms with Crippen LogP contribution in [0, 0.1) is 5.92 Å². The van der Waals surface area contributed by atoms with Crippen LogP contribution in [0.15, 0.2) is 0 Å². The maximum Gasteiger partial charge on any atom is 0.0930 e. The third-order valence-electron chi connectivity index (χ3n) is 1.24. The summed E-state index contributed by atoms with van der Waals surface area (Å²) in [5.41, 5.74) is 0. The standard InChI is InChI=1S/C5H9FS/c6-3-5-1-2-7-4-5/h5H,1-4H2. The topological polar surface area (TPSA) is 0 Å². The Morgan fingerprint density at radius 1 is 1.71 bits per heavy atom. The molecule has 42 valence electrons. The molecular weight excluding hydrogens is 111 g/mol. The number of halogens is 1. The molecule has 0 aromatic heterocycles. The average molecular weight is 120 g/mol. The van der Waals surface area contributed by atoms with Gasteiger partial charge in [-0.25, -0.2) is 0 Å². The quantitative estimate of drug-likeness (QED) is 0.507. The summed E-state index contributed by atoms with van der Waals surface area (Å²) in [6.45, 7) is -0.104. The van der Waals surface area contributed by atoms with Crippen LogP contribution in [0.4, 0.5) is 4.39 Å². The van der Waals surface area contributed by atoms with Crippen molar-refractivity contribution < 1.29 is 4.39 Å². The average Bonchev–Trinajstić information content (AvgIpc) is 2.14. The molecule has 0 bridgehead atoms. The Hall–Kier alpha value is 0.280. The zero-order chi connectivity index (χ0) is 5.11. The van der Waals surface area contributed by atoms with Crippen molar-refractivity contribution in [3.8, 4) is 0 Å². The van der Waals surface area contributed by atoms with Gasteiger partial charge in [-0.15, -0.1) is 0 Å². The summed E-state index contributed by atoms with van der Waals surface area (Å²) in [6.07, 6.45) is 1.10. The van der Waals surface area contributed by atoms with E-state index in [1.165, 1.54) is 5.75 Å². The molecule has 1 saturated heterocycles. The first-order valence-electron chi connectivity index (χ1n) is 2.57. The monoisotopic (exact) mass is 120 g/mol. The molecule has 0 nitrogen and oxygen atoms in total. The second kappa shape index (κ2) is 2.55. The Morgan fingerprint density at radius 3 is 2.86 bits per heavy atom. The van der Waals surface area contributed by atoms with Crippen LogP contribution in [0.3, 0.4) is 0 Å². The minimum atomic E-state index is -0.104.